The number of aliphatic carboxylic acids is 1. The van der Waals surface area contributed by atoms with Gasteiger partial charge in [-0.3, -0.25) is 9.59 Å². The van der Waals surface area contributed by atoms with Crippen molar-refractivity contribution in [3.63, 3.8) is 0 Å². The Morgan fingerprint density at radius 1 is 1.47 bits per heavy atom. The summed E-state index contributed by atoms with van der Waals surface area (Å²) < 4.78 is 5.16. The molecule has 5 heteroatoms. The summed E-state index contributed by atoms with van der Waals surface area (Å²) in [6.07, 6.45) is 0.0490. The fourth-order valence-electron chi connectivity index (χ4n) is 1.96. The Morgan fingerprint density at radius 2 is 2.18 bits per heavy atom. The number of nitrogens with zero attached hydrogens (tertiary/aromatic N) is 1. The molecule has 0 unspecified atom stereocenters. The SMILES string of the molecule is COc1ccccc1N1C[C@@H](C(=O)O)CC1=O. The average Bonchev–Trinajstić information content (AvgIpc) is 2.71. The minimum Gasteiger partial charge on any atom is -0.495 e. The average molecular weight is 235 g/mol. The van der Waals surface area contributed by atoms with Crippen LogP contribution in [0.25, 0.3) is 0 Å². The number of para-hydroxylation sites is 2. The molecule has 1 atom stereocenters. The van der Waals surface area contributed by atoms with Gasteiger partial charge < -0.3 is 14.7 Å². The molecular formula is C12H13NO4. The Hall–Kier alpha value is -2.04. The maximum atomic E-state index is 11.8. The van der Waals surface area contributed by atoms with Crippen LogP contribution in [-0.2, 0) is 9.59 Å². The van der Waals surface area contributed by atoms with Crippen LogP contribution in [0.5, 0.6) is 5.75 Å². The smallest absolute Gasteiger partial charge is 0.308 e. The maximum absolute atomic E-state index is 11.8. The van der Waals surface area contributed by atoms with E-state index in [4.69, 9.17) is 9.84 Å². The number of hydrogen-bond acceptors (Lipinski definition) is 3. The number of carboxylic acids is 1. The molecule has 1 aromatic carbocycles. The Morgan fingerprint density at radius 3 is 2.76 bits per heavy atom. The van der Waals surface area contributed by atoms with Gasteiger partial charge in [-0.15, -0.1) is 0 Å². The highest BCUT2D eigenvalue weighted by molar-refractivity contribution is 6.00. The van der Waals surface area contributed by atoms with Crippen LogP contribution in [0.3, 0.4) is 0 Å². The first-order valence-electron chi connectivity index (χ1n) is 5.29. The van der Waals surface area contributed by atoms with Crippen molar-refractivity contribution in [2.24, 2.45) is 5.92 Å². The topological polar surface area (TPSA) is 66.8 Å². The second kappa shape index (κ2) is 4.45. The molecule has 1 N–H and O–H groups in total. The minimum absolute atomic E-state index is 0.0490. The molecule has 1 amide bonds. The van der Waals surface area contributed by atoms with Crippen molar-refractivity contribution < 1.29 is 19.4 Å². The Balaban J connectivity index is 2.29. The molecule has 0 aromatic heterocycles. The molecule has 90 valence electrons. The summed E-state index contributed by atoms with van der Waals surface area (Å²) in [7, 11) is 1.52. The Labute approximate surface area is 98.6 Å². The molecule has 1 aliphatic heterocycles. The number of hydrogen-bond donors (Lipinski definition) is 1. The normalized spacial score (nSPS) is 19.5. The van der Waals surface area contributed by atoms with Crippen molar-refractivity contribution in [2.75, 3.05) is 18.6 Å². The Bertz CT molecular complexity index is 458. The van der Waals surface area contributed by atoms with Gasteiger partial charge in [0.1, 0.15) is 5.75 Å². The van der Waals surface area contributed by atoms with Gasteiger partial charge in [0, 0.05) is 13.0 Å². The molecule has 1 aliphatic rings. The molecule has 0 bridgehead atoms. The lowest BCUT2D eigenvalue weighted by Gasteiger charge is -2.18. The highest BCUT2D eigenvalue weighted by Crippen LogP contribution is 2.32. The molecule has 0 saturated carbocycles. The molecule has 0 aliphatic carbocycles. The molecular weight excluding hydrogens is 222 g/mol. The standard InChI is InChI=1S/C12H13NO4/c1-17-10-5-3-2-4-9(10)13-7-8(12(15)16)6-11(13)14/h2-5,8H,6-7H2,1H3,(H,15,16)/t8-/m0/s1. The van der Waals surface area contributed by atoms with Crippen LogP contribution < -0.4 is 9.64 Å². The van der Waals surface area contributed by atoms with E-state index in [2.05, 4.69) is 0 Å². The molecule has 1 aromatic rings. The number of benzene rings is 1. The lowest BCUT2D eigenvalue weighted by Crippen LogP contribution is -2.26. The number of methoxy groups -OCH3 is 1. The summed E-state index contributed by atoms with van der Waals surface area (Å²) in [6.45, 7) is 0.203. The molecule has 17 heavy (non-hydrogen) atoms. The van der Waals surface area contributed by atoms with Crippen molar-refractivity contribution in [1.29, 1.82) is 0 Å². The van der Waals surface area contributed by atoms with Crippen LogP contribution in [0, 0.1) is 5.92 Å². The Kier molecular flexibility index (Phi) is 2.99. The zero-order valence-corrected chi connectivity index (χ0v) is 9.42. The number of carbonyl (C=O) groups is 2. The first-order chi connectivity index (χ1) is 8.13. The zero-order valence-electron chi connectivity index (χ0n) is 9.42. The van der Waals surface area contributed by atoms with Crippen molar-refractivity contribution >= 4 is 17.6 Å². The maximum Gasteiger partial charge on any atom is 0.308 e. The van der Waals surface area contributed by atoms with E-state index in [9.17, 15) is 9.59 Å². The lowest BCUT2D eigenvalue weighted by molar-refractivity contribution is -0.141. The van der Waals surface area contributed by atoms with Crippen LogP contribution in [0.15, 0.2) is 24.3 Å². The van der Waals surface area contributed by atoms with Crippen molar-refractivity contribution in [3.8, 4) is 5.75 Å². The predicted octanol–water partition coefficient (Wildman–Crippen LogP) is 1.13. The molecule has 5 nitrogen and oxygen atoms in total. The second-order valence-corrected chi connectivity index (χ2v) is 3.92. The van der Waals surface area contributed by atoms with Gasteiger partial charge in [0.25, 0.3) is 0 Å². The zero-order chi connectivity index (χ0) is 12.4. The van der Waals surface area contributed by atoms with Gasteiger partial charge in [-0.1, -0.05) is 12.1 Å². The number of carbonyl (C=O) groups excluding carboxylic acids is 1. The van der Waals surface area contributed by atoms with Crippen molar-refractivity contribution in [2.45, 2.75) is 6.42 Å². The van der Waals surface area contributed by atoms with E-state index in [1.807, 2.05) is 0 Å². The van der Waals surface area contributed by atoms with Crippen LogP contribution in [0.4, 0.5) is 5.69 Å². The van der Waals surface area contributed by atoms with E-state index in [0.29, 0.717) is 11.4 Å². The number of amides is 1. The second-order valence-electron chi connectivity index (χ2n) is 3.92. The third-order valence-electron chi connectivity index (χ3n) is 2.85. The summed E-state index contributed by atoms with van der Waals surface area (Å²) in [5, 5.41) is 8.91. The van der Waals surface area contributed by atoms with Crippen LogP contribution >= 0.6 is 0 Å². The van der Waals surface area contributed by atoms with Gasteiger partial charge >= 0.3 is 5.97 Å². The predicted molar refractivity (Wildman–Crippen MR) is 61.1 cm³/mol. The van der Waals surface area contributed by atoms with Crippen molar-refractivity contribution in [3.05, 3.63) is 24.3 Å². The van der Waals surface area contributed by atoms with Gasteiger partial charge in [-0.2, -0.15) is 0 Å². The fraction of sp³-hybridized carbons (Fsp3) is 0.333. The van der Waals surface area contributed by atoms with E-state index >= 15 is 0 Å². The summed E-state index contributed by atoms with van der Waals surface area (Å²) in [5.74, 6) is -1.17. The van der Waals surface area contributed by atoms with Gasteiger partial charge in [0.05, 0.1) is 18.7 Å². The van der Waals surface area contributed by atoms with E-state index < -0.39 is 11.9 Å². The molecule has 1 saturated heterocycles. The molecule has 2 rings (SSSR count). The van der Waals surface area contributed by atoms with Gasteiger partial charge in [-0.05, 0) is 12.1 Å². The largest absolute Gasteiger partial charge is 0.495 e. The number of ether oxygens (including phenoxy) is 1. The first-order valence-corrected chi connectivity index (χ1v) is 5.29. The minimum atomic E-state index is -0.934. The van der Waals surface area contributed by atoms with Crippen LogP contribution in [-0.4, -0.2) is 30.6 Å². The summed E-state index contributed by atoms with van der Waals surface area (Å²) in [5.41, 5.74) is 0.628. The molecule has 0 spiro atoms. The van der Waals surface area contributed by atoms with Gasteiger partial charge in [-0.25, -0.2) is 0 Å². The van der Waals surface area contributed by atoms with Gasteiger partial charge in [0.15, 0.2) is 0 Å². The molecule has 1 fully saturated rings. The number of rotatable bonds is 3. The van der Waals surface area contributed by atoms with Crippen molar-refractivity contribution in [1.82, 2.24) is 0 Å². The quantitative estimate of drug-likeness (QED) is 0.852. The molecule has 0 radical (unpaired) electrons. The number of anilines is 1. The van der Waals surface area contributed by atoms with E-state index in [-0.39, 0.29) is 18.9 Å². The van der Waals surface area contributed by atoms with Gasteiger partial charge in [0.2, 0.25) is 5.91 Å². The highest BCUT2D eigenvalue weighted by Gasteiger charge is 2.36. The third kappa shape index (κ3) is 2.08. The van der Waals surface area contributed by atoms with Crippen LogP contribution in [0.2, 0.25) is 0 Å². The summed E-state index contributed by atoms with van der Waals surface area (Å²) >= 11 is 0. The lowest BCUT2D eigenvalue weighted by atomic mass is 10.1. The monoisotopic (exact) mass is 235 g/mol. The highest BCUT2D eigenvalue weighted by atomic mass is 16.5. The van der Waals surface area contributed by atoms with Crippen LogP contribution in [0.1, 0.15) is 6.42 Å². The number of carboxylic acid groups (broad SMARTS) is 1. The van der Waals surface area contributed by atoms with E-state index in [1.165, 1.54) is 12.0 Å². The molecule has 1 heterocycles. The first kappa shape index (κ1) is 11.4. The summed E-state index contributed by atoms with van der Waals surface area (Å²) in [4.78, 5) is 24.1. The van der Waals surface area contributed by atoms with E-state index in [1.54, 1.807) is 24.3 Å². The van der Waals surface area contributed by atoms with E-state index in [0.717, 1.165) is 0 Å². The summed E-state index contributed by atoms with van der Waals surface area (Å²) in [6, 6.07) is 7.09. The fourth-order valence-corrected chi connectivity index (χ4v) is 1.96. The third-order valence-corrected chi connectivity index (χ3v) is 2.85.